The minimum absolute atomic E-state index is 0.427. The topological polar surface area (TPSA) is 44.2 Å². The van der Waals surface area contributed by atoms with Crippen LogP contribution in [0, 0.1) is 0 Å². The first-order valence-electron chi connectivity index (χ1n) is 5.56. The van der Waals surface area contributed by atoms with Crippen molar-refractivity contribution >= 4 is 11.6 Å². The largest absolute Gasteiger partial charge is 0.497 e. The number of aromatic nitrogens is 2. The van der Waals surface area contributed by atoms with Gasteiger partial charge in [-0.2, -0.15) is 0 Å². The van der Waals surface area contributed by atoms with Crippen LogP contribution in [0.4, 0.5) is 0 Å². The van der Waals surface area contributed by atoms with Crippen molar-refractivity contribution in [3.63, 3.8) is 0 Å². The Morgan fingerprint density at radius 1 is 1.11 bits per heavy atom. The lowest BCUT2D eigenvalue weighted by molar-refractivity contribution is 0.411. The number of hydrogen-bond acceptors (Lipinski definition) is 4. The Labute approximate surface area is 111 Å². The summed E-state index contributed by atoms with van der Waals surface area (Å²) in [5, 5.41) is 0.427. The molecule has 0 aliphatic carbocycles. The van der Waals surface area contributed by atoms with Crippen molar-refractivity contribution in [1.29, 1.82) is 0 Å². The predicted octanol–water partition coefficient (Wildman–Crippen LogP) is 3.49. The Balaban J connectivity index is 2.25. The standard InChI is InChI=1S/C13H13ClN2O2/c1-3-11-12(14)15-8-16-13(11)18-10-6-4-9(17-2)5-7-10/h4-8H,3H2,1-2H3. The van der Waals surface area contributed by atoms with Gasteiger partial charge in [0.1, 0.15) is 23.0 Å². The average Bonchev–Trinajstić information content (AvgIpc) is 2.40. The van der Waals surface area contributed by atoms with Crippen molar-refractivity contribution in [2.75, 3.05) is 7.11 Å². The van der Waals surface area contributed by atoms with Gasteiger partial charge >= 0.3 is 0 Å². The molecule has 0 saturated carbocycles. The quantitative estimate of drug-likeness (QED) is 0.793. The van der Waals surface area contributed by atoms with Gasteiger partial charge in [0.2, 0.25) is 5.88 Å². The van der Waals surface area contributed by atoms with Gasteiger partial charge in [0.25, 0.3) is 0 Å². The second-order valence-corrected chi connectivity index (χ2v) is 3.94. The van der Waals surface area contributed by atoms with Crippen molar-refractivity contribution in [2.24, 2.45) is 0 Å². The van der Waals surface area contributed by atoms with Crippen molar-refractivity contribution in [1.82, 2.24) is 9.97 Å². The summed E-state index contributed by atoms with van der Waals surface area (Å²) in [5.74, 6) is 1.95. The molecular formula is C13H13ClN2O2. The van der Waals surface area contributed by atoms with E-state index in [4.69, 9.17) is 21.1 Å². The van der Waals surface area contributed by atoms with Crippen LogP contribution in [0.15, 0.2) is 30.6 Å². The fraction of sp³-hybridized carbons (Fsp3) is 0.231. The smallest absolute Gasteiger partial charge is 0.226 e. The normalized spacial score (nSPS) is 10.2. The molecule has 5 heteroatoms. The number of methoxy groups -OCH3 is 1. The monoisotopic (exact) mass is 264 g/mol. The van der Waals surface area contributed by atoms with E-state index in [9.17, 15) is 0 Å². The lowest BCUT2D eigenvalue weighted by Crippen LogP contribution is -1.96. The summed E-state index contributed by atoms with van der Waals surface area (Å²) in [6, 6.07) is 7.27. The molecule has 0 saturated heterocycles. The number of rotatable bonds is 4. The molecule has 0 N–H and O–H groups in total. The molecule has 0 fully saturated rings. The van der Waals surface area contributed by atoms with Gasteiger partial charge in [0.15, 0.2) is 0 Å². The molecule has 0 spiro atoms. The van der Waals surface area contributed by atoms with E-state index in [1.54, 1.807) is 7.11 Å². The summed E-state index contributed by atoms with van der Waals surface area (Å²) in [4.78, 5) is 8.03. The number of benzene rings is 1. The molecule has 1 aromatic heterocycles. The molecule has 1 aromatic carbocycles. The van der Waals surface area contributed by atoms with Crippen molar-refractivity contribution in [3.05, 3.63) is 41.3 Å². The van der Waals surface area contributed by atoms with Gasteiger partial charge in [0.05, 0.1) is 12.7 Å². The van der Waals surface area contributed by atoms with Gasteiger partial charge in [-0.1, -0.05) is 18.5 Å². The molecule has 0 unspecified atom stereocenters. The van der Waals surface area contributed by atoms with Crippen LogP contribution in [0.5, 0.6) is 17.4 Å². The molecular weight excluding hydrogens is 252 g/mol. The Bertz CT molecular complexity index is 529. The SMILES string of the molecule is CCc1c(Cl)ncnc1Oc1ccc(OC)cc1. The molecule has 0 radical (unpaired) electrons. The van der Waals surface area contributed by atoms with E-state index in [-0.39, 0.29) is 0 Å². The van der Waals surface area contributed by atoms with Crippen LogP contribution in [0.3, 0.4) is 0 Å². The Kier molecular flexibility index (Phi) is 3.99. The maximum Gasteiger partial charge on any atom is 0.226 e. The molecule has 0 amide bonds. The Hall–Kier alpha value is -1.81. The van der Waals surface area contributed by atoms with Gasteiger partial charge in [0, 0.05) is 0 Å². The highest BCUT2D eigenvalue weighted by Crippen LogP contribution is 2.28. The molecule has 18 heavy (non-hydrogen) atoms. The average molecular weight is 265 g/mol. The van der Waals surface area contributed by atoms with E-state index in [0.29, 0.717) is 23.2 Å². The molecule has 2 aromatic rings. The Morgan fingerprint density at radius 2 is 1.78 bits per heavy atom. The highest BCUT2D eigenvalue weighted by Gasteiger charge is 2.10. The minimum atomic E-state index is 0.427. The van der Waals surface area contributed by atoms with Crippen LogP contribution >= 0.6 is 11.6 Å². The summed E-state index contributed by atoms with van der Waals surface area (Å²) in [7, 11) is 1.62. The molecule has 0 aliphatic rings. The first-order chi connectivity index (χ1) is 8.74. The van der Waals surface area contributed by atoms with E-state index in [1.807, 2.05) is 31.2 Å². The summed E-state index contributed by atoms with van der Waals surface area (Å²) in [6.45, 7) is 1.98. The van der Waals surface area contributed by atoms with Crippen LogP contribution in [-0.4, -0.2) is 17.1 Å². The molecule has 0 atom stereocenters. The molecule has 0 bridgehead atoms. The van der Waals surface area contributed by atoms with Gasteiger partial charge < -0.3 is 9.47 Å². The van der Waals surface area contributed by atoms with Crippen molar-refractivity contribution < 1.29 is 9.47 Å². The summed E-state index contributed by atoms with van der Waals surface area (Å²) in [6.07, 6.45) is 2.10. The third kappa shape index (κ3) is 2.71. The minimum Gasteiger partial charge on any atom is -0.497 e. The van der Waals surface area contributed by atoms with Crippen molar-refractivity contribution in [3.8, 4) is 17.4 Å². The number of nitrogens with zero attached hydrogens (tertiary/aromatic N) is 2. The fourth-order valence-corrected chi connectivity index (χ4v) is 1.77. The van der Waals surface area contributed by atoms with Gasteiger partial charge in [-0.25, -0.2) is 9.97 Å². The molecule has 0 aliphatic heterocycles. The van der Waals surface area contributed by atoms with E-state index in [1.165, 1.54) is 6.33 Å². The molecule has 94 valence electrons. The van der Waals surface area contributed by atoms with Crippen LogP contribution in [0.25, 0.3) is 0 Å². The zero-order chi connectivity index (χ0) is 13.0. The van der Waals surface area contributed by atoms with Gasteiger partial charge in [-0.3, -0.25) is 0 Å². The van der Waals surface area contributed by atoms with Crippen LogP contribution in [-0.2, 0) is 6.42 Å². The third-order valence-corrected chi connectivity index (χ3v) is 2.81. The predicted molar refractivity (Wildman–Crippen MR) is 69.5 cm³/mol. The van der Waals surface area contributed by atoms with Gasteiger partial charge in [-0.05, 0) is 30.7 Å². The first-order valence-corrected chi connectivity index (χ1v) is 5.93. The van der Waals surface area contributed by atoms with E-state index in [0.717, 1.165) is 11.3 Å². The lowest BCUT2D eigenvalue weighted by Gasteiger charge is -2.09. The highest BCUT2D eigenvalue weighted by atomic mass is 35.5. The third-order valence-electron chi connectivity index (χ3n) is 2.48. The highest BCUT2D eigenvalue weighted by molar-refractivity contribution is 6.30. The Morgan fingerprint density at radius 3 is 2.39 bits per heavy atom. The maximum atomic E-state index is 5.99. The van der Waals surface area contributed by atoms with E-state index in [2.05, 4.69) is 9.97 Å². The molecule has 2 rings (SSSR count). The van der Waals surface area contributed by atoms with Crippen LogP contribution in [0.2, 0.25) is 5.15 Å². The van der Waals surface area contributed by atoms with E-state index >= 15 is 0 Å². The van der Waals surface area contributed by atoms with Crippen LogP contribution in [0.1, 0.15) is 12.5 Å². The van der Waals surface area contributed by atoms with Crippen LogP contribution < -0.4 is 9.47 Å². The zero-order valence-corrected chi connectivity index (χ0v) is 10.9. The molecule has 1 heterocycles. The van der Waals surface area contributed by atoms with Gasteiger partial charge in [-0.15, -0.1) is 0 Å². The number of halogens is 1. The number of hydrogen-bond donors (Lipinski definition) is 0. The second-order valence-electron chi connectivity index (χ2n) is 3.58. The summed E-state index contributed by atoms with van der Waals surface area (Å²) < 4.78 is 10.8. The second kappa shape index (κ2) is 5.69. The van der Waals surface area contributed by atoms with Crippen molar-refractivity contribution in [2.45, 2.75) is 13.3 Å². The zero-order valence-electron chi connectivity index (χ0n) is 10.2. The summed E-state index contributed by atoms with van der Waals surface area (Å²) in [5.41, 5.74) is 0.801. The molecule has 4 nitrogen and oxygen atoms in total. The maximum absolute atomic E-state index is 5.99. The lowest BCUT2D eigenvalue weighted by atomic mass is 10.2. The first kappa shape index (κ1) is 12.6. The summed E-state index contributed by atoms with van der Waals surface area (Å²) >= 11 is 5.99. The fourth-order valence-electron chi connectivity index (χ4n) is 1.52. The number of ether oxygens (including phenoxy) is 2. The van der Waals surface area contributed by atoms with E-state index < -0.39 is 0 Å².